The molecule has 104 valence electrons. The summed E-state index contributed by atoms with van der Waals surface area (Å²) in [6.07, 6.45) is 0. The zero-order chi connectivity index (χ0) is 14.7. The van der Waals surface area contributed by atoms with Crippen molar-refractivity contribution >= 4 is 23.3 Å². The number of aromatic amines is 1. The lowest BCUT2D eigenvalue weighted by molar-refractivity contribution is -0.384. The van der Waals surface area contributed by atoms with Gasteiger partial charge in [0.1, 0.15) is 5.69 Å². The standard InChI is InChI=1S/C13H11ClN2O4/c1-2-20-13(17)11-5-4-10(15-11)9-7-8(14)3-6-12(9)16(18)19/h3-7,15H,2H2,1H3. The number of halogens is 1. The molecule has 0 saturated heterocycles. The molecule has 0 saturated carbocycles. The molecule has 6 nitrogen and oxygen atoms in total. The first-order valence-corrected chi connectivity index (χ1v) is 6.21. The van der Waals surface area contributed by atoms with Crippen LogP contribution in [0.15, 0.2) is 30.3 Å². The average molecular weight is 295 g/mol. The van der Waals surface area contributed by atoms with E-state index in [1.165, 1.54) is 24.3 Å². The number of benzene rings is 1. The van der Waals surface area contributed by atoms with E-state index >= 15 is 0 Å². The molecule has 20 heavy (non-hydrogen) atoms. The van der Waals surface area contributed by atoms with Crippen molar-refractivity contribution in [1.29, 1.82) is 0 Å². The molecule has 2 aromatic rings. The van der Waals surface area contributed by atoms with Crippen molar-refractivity contribution in [1.82, 2.24) is 4.98 Å². The van der Waals surface area contributed by atoms with Crippen LogP contribution in [0.2, 0.25) is 5.02 Å². The molecular weight excluding hydrogens is 284 g/mol. The minimum atomic E-state index is -0.511. The second kappa shape index (κ2) is 5.75. The Morgan fingerprint density at radius 1 is 1.40 bits per heavy atom. The van der Waals surface area contributed by atoms with E-state index in [4.69, 9.17) is 16.3 Å². The van der Waals surface area contributed by atoms with E-state index in [2.05, 4.69) is 4.98 Å². The number of nitrogens with one attached hydrogen (secondary N) is 1. The van der Waals surface area contributed by atoms with E-state index in [1.54, 1.807) is 13.0 Å². The maximum atomic E-state index is 11.6. The molecule has 0 aliphatic heterocycles. The third-order valence-corrected chi connectivity index (χ3v) is 2.86. The van der Waals surface area contributed by atoms with Gasteiger partial charge in [-0.05, 0) is 31.2 Å². The van der Waals surface area contributed by atoms with E-state index in [-0.39, 0.29) is 18.0 Å². The Morgan fingerprint density at radius 2 is 2.15 bits per heavy atom. The summed E-state index contributed by atoms with van der Waals surface area (Å²) in [5.74, 6) is -0.511. The summed E-state index contributed by atoms with van der Waals surface area (Å²) >= 11 is 5.86. The van der Waals surface area contributed by atoms with Gasteiger partial charge in [0, 0.05) is 11.1 Å². The first kappa shape index (κ1) is 14.1. The third-order valence-electron chi connectivity index (χ3n) is 2.63. The molecular formula is C13H11ClN2O4. The van der Waals surface area contributed by atoms with Crippen LogP contribution in [-0.2, 0) is 4.74 Å². The molecule has 0 fully saturated rings. The third kappa shape index (κ3) is 2.80. The first-order chi connectivity index (χ1) is 9.52. The van der Waals surface area contributed by atoms with Gasteiger partial charge in [-0.1, -0.05) is 11.6 Å². The van der Waals surface area contributed by atoms with Crippen LogP contribution in [0, 0.1) is 10.1 Å². The fraction of sp³-hybridized carbons (Fsp3) is 0.154. The quantitative estimate of drug-likeness (QED) is 0.532. The van der Waals surface area contributed by atoms with Crippen LogP contribution in [0.5, 0.6) is 0 Å². The predicted molar refractivity (Wildman–Crippen MR) is 73.8 cm³/mol. The van der Waals surface area contributed by atoms with Gasteiger partial charge in [0.25, 0.3) is 5.69 Å². The van der Waals surface area contributed by atoms with Crippen molar-refractivity contribution in [2.24, 2.45) is 0 Å². The smallest absolute Gasteiger partial charge is 0.354 e. The molecule has 1 aromatic carbocycles. The van der Waals surface area contributed by atoms with Crippen molar-refractivity contribution in [2.45, 2.75) is 6.92 Å². The number of carbonyl (C=O) groups excluding carboxylic acids is 1. The molecule has 0 aliphatic carbocycles. The second-order valence-corrected chi connectivity index (χ2v) is 4.36. The lowest BCUT2D eigenvalue weighted by Crippen LogP contribution is -2.04. The number of hydrogen-bond donors (Lipinski definition) is 1. The van der Waals surface area contributed by atoms with Crippen molar-refractivity contribution in [3.05, 3.63) is 51.2 Å². The van der Waals surface area contributed by atoms with Crippen molar-refractivity contribution in [3.63, 3.8) is 0 Å². The van der Waals surface area contributed by atoms with E-state index in [0.717, 1.165) is 0 Å². The highest BCUT2D eigenvalue weighted by molar-refractivity contribution is 6.31. The Balaban J connectivity index is 2.44. The molecule has 0 aliphatic rings. The van der Waals surface area contributed by atoms with Gasteiger partial charge < -0.3 is 9.72 Å². The molecule has 0 spiro atoms. The number of hydrogen-bond acceptors (Lipinski definition) is 4. The number of esters is 1. The molecule has 0 atom stereocenters. The molecule has 2 rings (SSSR count). The van der Waals surface area contributed by atoms with Gasteiger partial charge in [-0.15, -0.1) is 0 Å². The lowest BCUT2D eigenvalue weighted by atomic mass is 10.1. The topological polar surface area (TPSA) is 85.2 Å². The first-order valence-electron chi connectivity index (χ1n) is 5.83. The summed E-state index contributed by atoms with van der Waals surface area (Å²) in [6, 6.07) is 7.32. The summed E-state index contributed by atoms with van der Waals surface area (Å²) in [7, 11) is 0. The zero-order valence-corrected chi connectivity index (χ0v) is 11.3. The summed E-state index contributed by atoms with van der Waals surface area (Å²) in [5.41, 5.74) is 0.892. The van der Waals surface area contributed by atoms with Gasteiger partial charge in [0.2, 0.25) is 0 Å². The number of nitrogens with zero attached hydrogens (tertiary/aromatic N) is 1. The Hall–Kier alpha value is -2.34. The Morgan fingerprint density at radius 3 is 2.80 bits per heavy atom. The van der Waals surface area contributed by atoms with Crippen LogP contribution in [-0.4, -0.2) is 22.5 Å². The summed E-state index contributed by atoms with van der Waals surface area (Å²) in [4.78, 5) is 24.9. The maximum Gasteiger partial charge on any atom is 0.354 e. The van der Waals surface area contributed by atoms with Crippen LogP contribution in [0.4, 0.5) is 5.69 Å². The van der Waals surface area contributed by atoms with Gasteiger partial charge in [0.05, 0.1) is 22.8 Å². The van der Waals surface area contributed by atoms with Crippen LogP contribution >= 0.6 is 11.6 Å². The van der Waals surface area contributed by atoms with Crippen LogP contribution in [0.25, 0.3) is 11.3 Å². The van der Waals surface area contributed by atoms with E-state index in [1.807, 2.05) is 0 Å². The number of nitro benzene ring substituents is 1. The molecule has 0 amide bonds. The second-order valence-electron chi connectivity index (χ2n) is 3.92. The van der Waals surface area contributed by atoms with Crippen molar-refractivity contribution in [3.8, 4) is 11.3 Å². The lowest BCUT2D eigenvalue weighted by Gasteiger charge is -2.02. The number of nitro groups is 1. The number of aromatic nitrogens is 1. The molecule has 7 heteroatoms. The zero-order valence-electron chi connectivity index (χ0n) is 10.6. The minimum absolute atomic E-state index is 0.0911. The van der Waals surface area contributed by atoms with Gasteiger partial charge in [-0.3, -0.25) is 10.1 Å². The van der Waals surface area contributed by atoms with Crippen molar-refractivity contribution in [2.75, 3.05) is 6.61 Å². The molecule has 0 bridgehead atoms. The molecule has 1 aromatic heterocycles. The van der Waals surface area contributed by atoms with E-state index < -0.39 is 10.9 Å². The SMILES string of the molecule is CCOC(=O)c1ccc(-c2cc(Cl)ccc2[N+](=O)[O-])[nH]1. The number of rotatable bonds is 4. The Kier molecular flexibility index (Phi) is 4.05. The maximum absolute atomic E-state index is 11.6. The predicted octanol–water partition coefficient (Wildman–Crippen LogP) is 3.42. The van der Waals surface area contributed by atoms with Gasteiger partial charge >= 0.3 is 5.97 Å². The highest BCUT2D eigenvalue weighted by Crippen LogP contribution is 2.31. The number of ether oxygens (including phenoxy) is 1. The fourth-order valence-electron chi connectivity index (χ4n) is 1.76. The molecule has 0 unspecified atom stereocenters. The molecule has 1 heterocycles. The highest BCUT2D eigenvalue weighted by Gasteiger charge is 2.18. The largest absolute Gasteiger partial charge is 0.461 e. The van der Waals surface area contributed by atoms with Crippen molar-refractivity contribution < 1.29 is 14.5 Å². The number of carbonyl (C=O) groups is 1. The monoisotopic (exact) mass is 294 g/mol. The molecule has 1 N–H and O–H groups in total. The highest BCUT2D eigenvalue weighted by atomic mass is 35.5. The Labute approximate surface area is 119 Å². The number of H-pyrrole nitrogens is 1. The van der Waals surface area contributed by atoms with Gasteiger partial charge in [-0.25, -0.2) is 4.79 Å². The minimum Gasteiger partial charge on any atom is -0.461 e. The summed E-state index contributed by atoms with van der Waals surface area (Å²) in [6.45, 7) is 1.95. The normalized spacial score (nSPS) is 10.3. The van der Waals surface area contributed by atoms with Gasteiger partial charge in [0.15, 0.2) is 0 Å². The van der Waals surface area contributed by atoms with Crippen LogP contribution in [0.1, 0.15) is 17.4 Å². The average Bonchev–Trinajstić information content (AvgIpc) is 2.88. The van der Waals surface area contributed by atoms with Gasteiger partial charge in [-0.2, -0.15) is 0 Å². The Bertz CT molecular complexity index is 666. The van der Waals surface area contributed by atoms with E-state index in [9.17, 15) is 14.9 Å². The van der Waals surface area contributed by atoms with E-state index in [0.29, 0.717) is 16.3 Å². The van der Waals surface area contributed by atoms with Crippen LogP contribution < -0.4 is 0 Å². The van der Waals surface area contributed by atoms with Crippen LogP contribution in [0.3, 0.4) is 0 Å². The summed E-state index contributed by atoms with van der Waals surface area (Å²) < 4.78 is 4.85. The fourth-order valence-corrected chi connectivity index (χ4v) is 1.94. The summed E-state index contributed by atoms with van der Waals surface area (Å²) in [5, 5.41) is 11.4. The molecule has 0 radical (unpaired) electrons.